The summed E-state index contributed by atoms with van der Waals surface area (Å²) in [6, 6.07) is 7.75. The molecular weight excluding hydrogens is 324 g/mol. The molecule has 146 valence electrons. The third-order valence-electron chi connectivity index (χ3n) is 4.44. The Morgan fingerprint density at radius 2 is 1.50 bits per heavy atom. The number of nitrogens with zero attached hydrogens (tertiary/aromatic N) is 1. The maximum Gasteiger partial charge on any atom is 0.240 e. The second-order valence-electron chi connectivity index (χ2n) is 6.77. The van der Waals surface area contributed by atoms with Crippen LogP contribution in [-0.4, -0.2) is 18.2 Å². The van der Waals surface area contributed by atoms with E-state index in [9.17, 15) is 4.79 Å². The van der Waals surface area contributed by atoms with Crippen LogP contribution < -0.4 is 10.2 Å². The van der Waals surface area contributed by atoms with Crippen molar-refractivity contribution >= 4 is 11.6 Å². The molecule has 1 aromatic carbocycles. The van der Waals surface area contributed by atoms with Gasteiger partial charge >= 0.3 is 0 Å². The molecule has 1 aromatic rings. The Morgan fingerprint density at radius 3 is 2.08 bits per heavy atom. The van der Waals surface area contributed by atoms with Crippen molar-refractivity contribution in [1.82, 2.24) is 5.43 Å². The molecule has 0 unspecified atom stereocenters. The molecule has 0 spiro atoms. The molecule has 0 fully saturated rings. The fourth-order valence-electron chi connectivity index (χ4n) is 2.82. The molecule has 0 bridgehead atoms. The van der Waals surface area contributed by atoms with E-state index in [1.54, 1.807) is 0 Å². The zero-order valence-corrected chi connectivity index (χ0v) is 16.9. The van der Waals surface area contributed by atoms with Gasteiger partial charge in [-0.3, -0.25) is 4.79 Å². The lowest BCUT2D eigenvalue weighted by atomic mass is 10.1. The number of hydrogen-bond donors (Lipinski definition) is 1. The third kappa shape index (κ3) is 10.2. The molecule has 0 radical (unpaired) electrons. The molecule has 0 aliphatic carbocycles. The SMILES string of the molecule is CCCCCCCCCCCC(=O)N/N=C(\C)c1ccc(OCC)cc1. The largest absolute Gasteiger partial charge is 0.494 e. The van der Waals surface area contributed by atoms with Gasteiger partial charge in [-0.05, 0) is 50.1 Å². The van der Waals surface area contributed by atoms with Crippen molar-refractivity contribution in [2.24, 2.45) is 5.10 Å². The van der Waals surface area contributed by atoms with E-state index >= 15 is 0 Å². The minimum absolute atomic E-state index is 0.00164. The average Bonchev–Trinajstić information content (AvgIpc) is 2.65. The first-order chi connectivity index (χ1) is 12.7. The summed E-state index contributed by atoms with van der Waals surface area (Å²) in [4.78, 5) is 11.9. The van der Waals surface area contributed by atoms with Crippen molar-refractivity contribution in [2.45, 2.75) is 85.0 Å². The average molecular weight is 361 g/mol. The molecule has 0 aliphatic heterocycles. The van der Waals surface area contributed by atoms with Gasteiger partial charge in [0, 0.05) is 6.42 Å². The van der Waals surface area contributed by atoms with E-state index in [1.165, 1.54) is 44.9 Å². The number of hydrogen-bond acceptors (Lipinski definition) is 3. The van der Waals surface area contributed by atoms with Crippen LogP contribution in [0.15, 0.2) is 29.4 Å². The Hall–Kier alpha value is -1.84. The minimum Gasteiger partial charge on any atom is -0.494 e. The van der Waals surface area contributed by atoms with Crippen LogP contribution in [0, 0.1) is 0 Å². The minimum atomic E-state index is -0.00164. The number of hydrazone groups is 1. The molecule has 4 heteroatoms. The highest BCUT2D eigenvalue weighted by molar-refractivity contribution is 5.99. The van der Waals surface area contributed by atoms with Gasteiger partial charge in [0.05, 0.1) is 12.3 Å². The quantitative estimate of drug-likeness (QED) is 0.257. The normalized spacial score (nSPS) is 11.4. The number of nitrogens with one attached hydrogen (secondary N) is 1. The third-order valence-corrected chi connectivity index (χ3v) is 4.44. The van der Waals surface area contributed by atoms with Crippen LogP contribution >= 0.6 is 0 Å². The molecule has 1 amide bonds. The Balaban J connectivity index is 2.15. The summed E-state index contributed by atoms with van der Waals surface area (Å²) in [5, 5.41) is 4.20. The standard InChI is InChI=1S/C22H36N2O2/c1-4-6-7-8-9-10-11-12-13-14-22(25)24-23-19(3)20-15-17-21(18-16-20)26-5-2/h15-18H,4-14H2,1-3H3,(H,24,25)/b23-19+. The molecule has 0 saturated carbocycles. The summed E-state index contributed by atoms with van der Waals surface area (Å²) < 4.78 is 5.43. The van der Waals surface area contributed by atoms with Crippen LogP contribution in [0.2, 0.25) is 0 Å². The number of benzene rings is 1. The maximum absolute atomic E-state index is 11.9. The van der Waals surface area contributed by atoms with Crippen molar-refractivity contribution in [3.8, 4) is 5.75 Å². The lowest BCUT2D eigenvalue weighted by Gasteiger charge is -2.06. The van der Waals surface area contributed by atoms with E-state index in [1.807, 2.05) is 38.1 Å². The first kappa shape index (κ1) is 22.2. The van der Waals surface area contributed by atoms with Crippen LogP contribution in [0.4, 0.5) is 0 Å². The smallest absolute Gasteiger partial charge is 0.240 e. The highest BCUT2D eigenvalue weighted by Gasteiger charge is 2.02. The molecule has 0 atom stereocenters. The summed E-state index contributed by atoms with van der Waals surface area (Å²) in [5.41, 5.74) is 4.45. The number of amides is 1. The first-order valence-electron chi connectivity index (χ1n) is 10.2. The topological polar surface area (TPSA) is 50.7 Å². The molecule has 0 heterocycles. The summed E-state index contributed by atoms with van der Waals surface area (Å²) in [7, 11) is 0. The molecular formula is C22H36N2O2. The lowest BCUT2D eigenvalue weighted by molar-refractivity contribution is -0.121. The molecule has 1 N–H and O–H groups in total. The Kier molecular flexibility index (Phi) is 12.2. The molecule has 1 rings (SSSR count). The fraction of sp³-hybridized carbons (Fsp3) is 0.636. The van der Waals surface area contributed by atoms with Gasteiger partial charge in [-0.15, -0.1) is 0 Å². The number of rotatable bonds is 14. The summed E-state index contributed by atoms with van der Waals surface area (Å²) in [6.07, 6.45) is 11.9. The fourth-order valence-corrected chi connectivity index (χ4v) is 2.82. The van der Waals surface area contributed by atoms with Crippen LogP contribution in [0.25, 0.3) is 0 Å². The predicted molar refractivity (Wildman–Crippen MR) is 110 cm³/mol. The zero-order valence-electron chi connectivity index (χ0n) is 16.9. The Bertz CT molecular complexity index is 523. The second-order valence-corrected chi connectivity index (χ2v) is 6.77. The summed E-state index contributed by atoms with van der Waals surface area (Å²) in [5.74, 6) is 0.844. The van der Waals surface area contributed by atoms with Crippen LogP contribution in [0.1, 0.15) is 90.5 Å². The summed E-state index contributed by atoms with van der Waals surface area (Å²) in [6.45, 7) is 6.76. The number of unbranched alkanes of at least 4 members (excludes halogenated alkanes) is 8. The number of carbonyl (C=O) groups is 1. The molecule has 0 aliphatic rings. The summed E-state index contributed by atoms with van der Waals surface area (Å²) >= 11 is 0. The maximum atomic E-state index is 11.9. The van der Waals surface area contributed by atoms with Gasteiger partial charge in [-0.1, -0.05) is 58.3 Å². The van der Waals surface area contributed by atoms with Gasteiger partial charge in [0.1, 0.15) is 5.75 Å². The Labute approximate surface area is 159 Å². The second kappa shape index (κ2) is 14.3. The predicted octanol–water partition coefficient (Wildman–Crippen LogP) is 5.85. The molecule has 26 heavy (non-hydrogen) atoms. The lowest BCUT2D eigenvalue weighted by Crippen LogP contribution is -2.18. The van der Waals surface area contributed by atoms with Crippen molar-refractivity contribution < 1.29 is 9.53 Å². The zero-order chi connectivity index (χ0) is 19.0. The van der Waals surface area contributed by atoms with Crippen LogP contribution in [0.5, 0.6) is 5.75 Å². The van der Waals surface area contributed by atoms with E-state index in [2.05, 4.69) is 17.5 Å². The van der Waals surface area contributed by atoms with Crippen molar-refractivity contribution in [2.75, 3.05) is 6.61 Å². The highest BCUT2D eigenvalue weighted by atomic mass is 16.5. The van der Waals surface area contributed by atoms with Gasteiger partial charge in [-0.2, -0.15) is 5.10 Å². The van der Waals surface area contributed by atoms with Crippen LogP contribution in [0.3, 0.4) is 0 Å². The van der Waals surface area contributed by atoms with Gasteiger partial charge in [-0.25, -0.2) is 5.43 Å². The van der Waals surface area contributed by atoms with E-state index in [-0.39, 0.29) is 5.91 Å². The molecule has 0 saturated heterocycles. The number of ether oxygens (including phenoxy) is 1. The molecule has 0 aromatic heterocycles. The van der Waals surface area contributed by atoms with Gasteiger partial charge in [0.2, 0.25) is 5.91 Å². The van der Waals surface area contributed by atoms with E-state index < -0.39 is 0 Å². The van der Waals surface area contributed by atoms with Crippen molar-refractivity contribution in [3.05, 3.63) is 29.8 Å². The van der Waals surface area contributed by atoms with E-state index in [0.717, 1.165) is 29.9 Å². The van der Waals surface area contributed by atoms with Gasteiger partial charge < -0.3 is 4.74 Å². The van der Waals surface area contributed by atoms with Crippen LogP contribution in [-0.2, 0) is 4.79 Å². The van der Waals surface area contributed by atoms with Gasteiger partial charge in [0.15, 0.2) is 0 Å². The molecule has 4 nitrogen and oxygen atoms in total. The van der Waals surface area contributed by atoms with Crippen molar-refractivity contribution in [3.63, 3.8) is 0 Å². The van der Waals surface area contributed by atoms with E-state index in [4.69, 9.17) is 4.74 Å². The monoisotopic (exact) mass is 360 g/mol. The first-order valence-corrected chi connectivity index (χ1v) is 10.2. The van der Waals surface area contributed by atoms with Crippen molar-refractivity contribution in [1.29, 1.82) is 0 Å². The number of carbonyl (C=O) groups excluding carboxylic acids is 1. The van der Waals surface area contributed by atoms with Gasteiger partial charge in [0.25, 0.3) is 0 Å². The van der Waals surface area contributed by atoms with E-state index in [0.29, 0.717) is 13.0 Å². The Morgan fingerprint density at radius 1 is 0.923 bits per heavy atom. The highest BCUT2D eigenvalue weighted by Crippen LogP contribution is 2.13.